The van der Waals surface area contributed by atoms with Gasteiger partial charge in [-0.3, -0.25) is 0 Å². The fourth-order valence-corrected chi connectivity index (χ4v) is 3.36. The Kier molecular flexibility index (Phi) is 4.26. The summed E-state index contributed by atoms with van der Waals surface area (Å²) >= 11 is 0. The van der Waals surface area contributed by atoms with E-state index in [0.717, 1.165) is 18.8 Å². The smallest absolute Gasteiger partial charge is 0.118 e. The van der Waals surface area contributed by atoms with Gasteiger partial charge in [0.2, 0.25) is 0 Å². The monoisotopic (exact) mass is 281 g/mol. The van der Waals surface area contributed by atoms with E-state index in [4.69, 9.17) is 4.74 Å². The number of aryl methyl sites for hydroxylation is 1. The van der Waals surface area contributed by atoms with Gasteiger partial charge in [0.1, 0.15) is 5.75 Å². The van der Waals surface area contributed by atoms with Crippen molar-refractivity contribution in [2.24, 2.45) is 0 Å². The van der Waals surface area contributed by atoms with E-state index in [1.807, 2.05) is 0 Å². The molecule has 21 heavy (non-hydrogen) atoms. The highest BCUT2D eigenvalue weighted by Crippen LogP contribution is 2.37. The lowest BCUT2D eigenvalue weighted by Crippen LogP contribution is -2.34. The zero-order valence-electron chi connectivity index (χ0n) is 12.8. The van der Waals surface area contributed by atoms with Gasteiger partial charge in [0.25, 0.3) is 0 Å². The van der Waals surface area contributed by atoms with Gasteiger partial charge in [-0.15, -0.1) is 0 Å². The Morgan fingerprint density at radius 3 is 2.52 bits per heavy atom. The van der Waals surface area contributed by atoms with Crippen molar-refractivity contribution in [3.05, 3.63) is 65.2 Å². The molecule has 1 N–H and O–H groups in total. The number of piperidine rings is 1. The Morgan fingerprint density at radius 1 is 1.00 bits per heavy atom. The van der Waals surface area contributed by atoms with Gasteiger partial charge in [0.15, 0.2) is 0 Å². The lowest BCUT2D eigenvalue weighted by atomic mass is 9.77. The van der Waals surface area contributed by atoms with E-state index in [1.165, 1.54) is 23.1 Å². The van der Waals surface area contributed by atoms with E-state index in [9.17, 15) is 0 Å². The number of hydrogen-bond acceptors (Lipinski definition) is 2. The van der Waals surface area contributed by atoms with Crippen molar-refractivity contribution in [1.29, 1.82) is 0 Å². The molecule has 0 aliphatic carbocycles. The summed E-state index contributed by atoms with van der Waals surface area (Å²) in [5.74, 6) is 2.06. The molecule has 2 heteroatoms. The molecule has 0 amide bonds. The van der Waals surface area contributed by atoms with Crippen molar-refractivity contribution in [1.82, 2.24) is 5.32 Å². The van der Waals surface area contributed by atoms with Crippen LogP contribution < -0.4 is 10.1 Å². The second-order valence-corrected chi connectivity index (χ2v) is 5.89. The van der Waals surface area contributed by atoms with E-state index >= 15 is 0 Å². The first-order valence-corrected chi connectivity index (χ1v) is 7.69. The zero-order valence-corrected chi connectivity index (χ0v) is 12.8. The molecule has 2 nitrogen and oxygen atoms in total. The molecule has 2 unspecified atom stereocenters. The van der Waals surface area contributed by atoms with Gasteiger partial charge in [0.05, 0.1) is 7.11 Å². The van der Waals surface area contributed by atoms with Crippen molar-refractivity contribution >= 4 is 0 Å². The SMILES string of the molecule is COc1ccc(C2CCNCC2c2cccc(C)c2)cc1. The number of rotatable bonds is 3. The van der Waals surface area contributed by atoms with Gasteiger partial charge < -0.3 is 10.1 Å². The molecule has 0 spiro atoms. The molecule has 0 saturated carbocycles. The summed E-state index contributed by atoms with van der Waals surface area (Å²) in [6.45, 7) is 4.32. The van der Waals surface area contributed by atoms with E-state index in [1.54, 1.807) is 7.11 Å². The van der Waals surface area contributed by atoms with Crippen LogP contribution in [-0.4, -0.2) is 20.2 Å². The fraction of sp³-hybridized carbons (Fsp3) is 0.368. The highest BCUT2D eigenvalue weighted by molar-refractivity contribution is 5.35. The molecule has 1 aliphatic heterocycles. The van der Waals surface area contributed by atoms with Crippen LogP contribution in [0.3, 0.4) is 0 Å². The van der Waals surface area contributed by atoms with Crippen LogP contribution in [0.5, 0.6) is 5.75 Å². The van der Waals surface area contributed by atoms with Crippen LogP contribution in [0.25, 0.3) is 0 Å². The first kappa shape index (κ1) is 14.2. The van der Waals surface area contributed by atoms with Gasteiger partial charge in [-0.2, -0.15) is 0 Å². The average molecular weight is 281 g/mol. The summed E-state index contributed by atoms with van der Waals surface area (Å²) in [6.07, 6.45) is 1.19. The molecule has 0 radical (unpaired) electrons. The van der Waals surface area contributed by atoms with Gasteiger partial charge in [-0.25, -0.2) is 0 Å². The predicted molar refractivity (Wildman–Crippen MR) is 87.1 cm³/mol. The highest BCUT2D eigenvalue weighted by atomic mass is 16.5. The molecule has 0 bridgehead atoms. The molecule has 1 fully saturated rings. The minimum absolute atomic E-state index is 0.548. The minimum Gasteiger partial charge on any atom is -0.497 e. The number of benzene rings is 2. The summed E-state index contributed by atoms with van der Waals surface area (Å²) in [6, 6.07) is 17.5. The van der Waals surface area contributed by atoms with Crippen LogP contribution in [0, 0.1) is 6.92 Å². The second-order valence-electron chi connectivity index (χ2n) is 5.89. The molecule has 2 atom stereocenters. The maximum Gasteiger partial charge on any atom is 0.118 e. The van der Waals surface area contributed by atoms with Crippen LogP contribution in [0.2, 0.25) is 0 Å². The Bertz CT molecular complexity index is 591. The van der Waals surface area contributed by atoms with Gasteiger partial charge in [-0.1, -0.05) is 42.0 Å². The molecular formula is C19H23NO. The molecular weight excluding hydrogens is 258 g/mol. The summed E-state index contributed by atoms with van der Waals surface area (Å²) in [5.41, 5.74) is 4.21. The van der Waals surface area contributed by atoms with Crippen LogP contribution in [0.15, 0.2) is 48.5 Å². The van der Waals surface area contributed by atoms with Crippen molar-refractivity contribution in [3.63, 3.8) is 0 Å². The molecule has 1 saturated heterocycles. The van der Waals surface area contributed by atoms with Gasteiger partial charge in [0, 0.05) is 12.5 Å². The third-order valence-electron chi connectivity index (χ3n) is 4.50. The Hall–Kier alpha value is -1.80. The summed E-state index contributed by atoms with van der Waals surface area (Å²) in [7, 11) is 1.72. The summed E-state index contributed by atoms with van der Waals surface area (Å²) in [4.78, 5) is 0. The molecule has 2 aromatic carbocycles. The predicted octanol–water partition coefficient (Wildman–Crippen LogP) is 3.86. The Morgan fingerprint density at radius 2 is 1.81 bits per heavy atom. The van der Waals surface area contributed by atoms with Gasteiger partial charge >= 0.3 is 0 Å². The lowest BCUT2D eigenvalue weighted by Gasteiger charge is -2.33. The normalized spacial score (nSPS) is 22.0. The van der Waals surface area contributed by atoms with E-state index in [2.05, 4.69) is 60.8 Å². The Balaban J connectivity index is 1.90. The first-order valence-electron chi connectivity index (χ1n) is 7.69. The Labute approximate surface area is 127 Å². The molecule has 110 valence electrons. The quantitative estimate of drug-likeness (QED) is 0.922. The second kappa shape index (κ2) is 6.31. The van der Waals surface area contributed by atoms with E-state index in [-0.39, 0.29) is 0 Å². The third-order valence-corrected chi connectivity index (χ3v) is 4.50. The molecule has 3 rings (SSSR count). The molecule has 1 heterocycles. The summed E-state index contributed by atoms with van der Waals surface area (Å²) in [5, 5.41) is 3.55. The number of ether oxygens (including phenoxy) is 1. The van der Waals surface area contributed by atoms with Crippen LogP contribution in [-0.2, 0) is 0 Å². The summed E-state index contributed by atoms with van der Waals surface area (Å²) < 4.78 is 5.27. The van der Waals surface area contributed by atoms with Crippen molar-refractivity contribution in [2.45, 2.75) is 25.2 Å². The fourth-order valence-electron chi connectivity index (χ4n) is 3.36. The van der Waals surface area contributed by atoms with Crippen molar-refractivity contribution in [2.75, 3.05) is 20.2 Å². The first-order chi connectivity index (χ1) is 10.3. The number of nitrogens with one attached hydrogen (secondary N) is 1. The lowest BCUT2D eigenvalue weighted by molar-refractivity contribution is 0.400. The van der Waals surface area contributed by atoms with Crippen LogP contribution in [0.4, 0.5) is 0 Å². The van der Waals surface area contributed by atoms with Crippen molar-refractivity contribution in [3.8, 4) is 5.75 Å². The average Bonchev–Trinajstić information content (AvgIpc) is 2.55. The minimum atomic E-state index is 0.548. The highest BCUT2D eigenvalue weighted by Gasteiger charge is 2.27. The molecule has 0 aromatic heterocycles. The maximum atomic E-state index is 5.27. The molecule has 1 aliphatic rings. The standard InChI is InChI=1S/C19H23NO/c1-14-4-3-5-16(12-14)19-13-20-11-10-18(19)15-6-8-17(21-2)9-7-15/h3-9,12,18-20H,10-11,13H2,1-2H3. The zero-order chi connectivity index (χ0) is 14.7. The maximum absolute atomic E-state index is 5.27. The van der Waals surface area contributed by atoms with Crippen LogP contribution in [0.1, 0.15) is 34.9 Å². The number of methoxy groups -OCH3 is 1. The van der Waals surface area contributed by atoms with E-state index in [0.29, 0.717) is 11.8 Å². The number of hydrogen-bond donors (Lipinski definition) is 1. The van der Waals surface area contributed by atoms with Gasteiger partial charge in [-0.05, 0) is 49.1 Å². The molecule has 2 aromatic rings. The van der Waals surface area contributed by atoms with E-state index < -0.39 is 0 Å². The third kappa shape index (κ3) is 3.11. The largest absolute Gasteiger partial charge is 0.497 e. The van der Waals surface area contributed by atoms with Crippen molar-refractivity contribution < 1.29 is 4.74 Å². The van der Waals surface area contributed by atoms with Crippen LogP contribution >= 0.6 is 0 Å². The topological polar surface area (TPSA) is 21.3 Å².